The molecule has 0 unspecified atom stereocenters. The Morgan fingerprint density at radius 1 is 1.00 bits per heavy atom. The van der Waals surface area contributed by atoms with Crippen LogP contribution in [-0.2, 0) is 4.74 Å². The Morgan fingerprint density at radius 3 is 2.00 bits per heavy atom. The van der Waals surface area contributed by atoms with Gasteiger partial charge in [0.2, 0.25) is 0 Å². The summed E-state index contributed by atoms with van der Waals surface area (Å²) in [6.45, 7) is 15.4. The van der Waals surface area contributed by atoms with Crippen LogP contribution in [0.25, 0.3) is 0 Å². The number of hydrogen-bond donors (Lipinski definition) is 1. The summed E-state index contributed by atoms with van der Waals surface area (Å²) in [4.78, 5) is 0. The molecule has 0 amide bonds. The fraction of sp³-hybridized carbons (Fsp3) is 0.920. The molecule has 0 radical (unpaired) electrons. The molecule has 0 bridgehead atoms. The topological polar surface area (TPSA) is 29.5 Å². The van der Waals surface area contributed by atoms with E-state index >= 15 is 0 Å². The zero-order chi connectivity index (χ0) is 20.8. The molecule has 28 heavy (non-hydrogen) atoms. The Labute approximate surface area is 179 Å². The van der Waals surface area contributed by atoms with E-state index in [1.807, 2.05) is 0 Å². The third-order valence-corrected chi connectivity index (χ3v) is 22.6. The third kappa shape index (κ3) is 5.19. The first-order valence-electron chi connectivity index (χ1n) is 12.2. The molecule has 1 saturated heterocycles. The molecule has 0 aromatic rings. The van der Waals surface area contributed by atoms with Crippen molar-refractivity contribution in [3.05, 3.63) is 9.67 Å². The Hall–Kier alpha value is 0.459. The van der Waals surface area contributed by atoms with Gasteiger partial charge in [0.1, 0.15) is 0 Å². The molecule has 0 aromatic carbocycles. The van der Waals surface area contributed by atoms with Crippen LogP contribution < -0.4 is 0 Å². The summed E-state index contributed by atoms with van der Waals surface area (Å²) < 4.78 is 13.9. The van der Waals surface area contributed by atoms with E-state index in [0.29, 0.717) is 18.6 Å². The van der Waals surface area contributed by atoms with E-state index in [0.717, 1.165) is 13.0 Å². The fourth-order valence-electron chi connectivity index (χ4n) is 6.23. The molecule has 1 heterocycles. The van der Waals surface area contributed by atoms with Gasteiger partial charge in [0, 0.05) is 0 Å². The SMILES string of the molecule is CCC[CH2][Sn](/[CH]=C1\CO[C@H]2CCC(C)(C)[C@@H](CO)[C@@]12C)([CH2]CCC)[CH2]CCC. The minimum absolute atomic E-state index is 0.0450. The third-order valence-electron chi connectivity index (χ3n) is 8.27. The summed E-state index contributed by atoms with van der Waals surface area (Å²) in [5, 5.41) is 10.4. The van der Waals surface area contributed by atoms with Crippen LogP contribution in [0.2, 0.25) is 13.3 Å². The number of rotatable bonds is 11. The molecular weight excluding hydrogens is 451 g/mol. The van der Waals surface area contributed by atoms with Gasteiger partial charge in [-0.05, 0) is 0 Å². The van der Waals surface area contributed by atoms with Gasteiger partial charge in [-0.3, -0.25) is 0 Å². The van der Waals surface area contributed by atoms with E-state index in [1.165, 1.54) is 58.3 Å². The maximum atomic E-state index is 10.4. The van der Waals surface area contributed by atoms with Crippen LogP contribution >= 0.6 is 0 Å². The van der Waals surface area contributed by atoms with E-state index in [-0.39, 0.29) is 10.8 Å². The van der Waals surface area contributed by atoms with Crippen molar-refractivity contribution in [1.82, 2.24) is 0 Å². The second-order valence-electron chi connectivity index (χ2n) is 10.7. The Kier molecular flexibility index (Phi) is 9.42. The Balaban J connectivity index is 2.44. The zero-order valence-electron chi connectivity index (χ0n) is 19.8. The summed E-state index contributed by atoms with van der Waals surface area (Å²) in [7, 11) is 0. The second-order valence-corrected chi connectivity index (χ2v) is 23.6. The molecule has 0 spiro atoms. The van der Waals surface area contributed by atoms with Gasteiger partial charge >= 0.3 is 180 Å². The Morgan fingerprint density at radius 2 is 1.54 bits per heavy atom. The molecule has 2 fully saturated rings. The molecule has 3 heteroatoms. The van der Waals surface area contributed by atoms with Gasteiger partial charge < -0.3 is 0 Å². The van der Waals surface area contributed by atoms with Crippen LogP contribution in [-0.4, -0.2) is 42.8 Å². The number of hydrogen-bond acceptors (Lipinski definition) is 2. The van der Waals surface area contributed by atoms with Gasteiger partial charge in [0.25, 0.3) is 0 Å². The quantitative estimate of drug-likeness (QED) is 0.307. The van der Waals surface area contributed by atoms with E-state index in [4.69, 9.17) is 4.74 Å². The van der Waals surface area contributed by atoms with Crippen LogP contribution in [0, 0.1) is 16.7 Å². The molecule has 164 valence electrons. The predicted molar refractivity (Wildman–Crippen MR) is 124 cm³/mol. The summed E-state index contributed by atoms with van der Waals surface area (Å²) in [5.41, 5.74) is 1.84. The van der Waals surface area contributed by atoms with Crippen LogP contribution in [0.4, 0.5) is 0 Å². The molecule has 2 nitrogen and oxygen atoms in total. The molecule has 0 aromatic heterocycles. The predicted octanol–water partition coefficient (Wildman–Crippen LogP) is 7.13. The van der Waals surface area contributed by atoms with Crippen molar-refractivity contribution in [3.63, 3.8) is 0 Å². The first-order valence-corrected chi connectivity index (χ1v) is 19.9. The molecule has 1 N–H and O–H groups in total. The van der Waals surface area contributed by atoms with E-state index in [9.17, 15) is 5.11 Å². The monoisotopic (exact) mass is 500 g/mol. The van der Waals surface area contributed by atoms with Crippen LogP contribution in [0.15, 0.2) is 9.67 Å². The standard InChI is InChI=1S/C13H21O2.3C4H9.Sn/c1-9-8-15-11-5-6-12(2,3)10(7-14)13(9,11)4;3*1-3-4-2;/h1,10-11,14H,5-8H2,2-4H3;3*1,3-4H2,2H3;/t10-,11+,13-;;;;/m1..../s1. The average molecular weight is 499 g/mol. The summed E-state index contributed by atoms with van der Waals surface area (Å²) >= 11 is -2.37. The van der Waals surface area contributed by atoms with Crippen molar-refractivity contribution >= 4 is 18.4 Å². The van der Waals surface area contributed by atoms with Gasteiger partial charge in [-0.25, -0.2) is 0 Å². The zero-order valence-corrected chi connectivity index (χ0v) is 22.6. The number of fused-ring (bicyclic) bond motifs is 1. The Bertz CT molecular complexity index is 491. The van der Waals surface area contributed by atoms with Crippen molar-refractivity contribution in [3.8, 4) is 0 Å². The van der Waals surface area contributed by atoms with E-state index in [1.54, 1.807) is 5.57 Å². The van der Waals surface area contributed by atoms with Gasteiger partial charge in [0.15, 0.2) is 0 Å². The first kappa shape index (κ1) is 24.7. The number of ether oxygens (including phenoxy) is 1. The van der Waals surface area contributed by atoms with E-state index in [2.05, 4.69) is 45.6 Å². The van der Waals surface area contributed by atoms with Crippen molar-refractivity contribution in [2.24, 2.45) is 16.7 Å². The molecular formula is C25H48O2Sn. The summed E-state index contributed by atoms with van der Waals surface area (Å²) in [6.07, 6.45) is 10.8. The second kappa shape index (κ2) is 10.7. The van der Waals surface area contributed by atoms with Gasteiger partial charge in [-0.2, -0.15) is 0 Å². The molecule has 3 atom stereocenters. The molecule has 1 aliphatic heterocycles. The van der Waals surface area contributed by atoms with Crippen molar-refractivity contribution in [2.75, 3.05) is 13.2 Å². The average Bonchev–Trinajstić information content (AvgIpc) is 2.98. The first-order chi connectivity index (χ1) is 13.3. The van der Waals surface area contributed by atoms with E-state index < -0.39 is 18.4 Å². The summed E-state index contributed by atoms with van der Waals surface area (Å²) in [6, 6.07) is 0. The number of unbranched alkanes of at least 4 members (excludes halogenated alkanes) is 3. The number of aliphatic hydroxyl groups excluding tert-OH is 1. The molecule has 1 saturated carbocycles. The maximum absolute atomic E-state index is 10.4. The molecule has 2 aliphatic rings. The van der Waals surface area contributed by atoms with Crippen molar-refractivity contribution in [2.45, 2.75) is 112 Å². The molecule has 1 aliphatic carbocycles. The van der Waals surface area contributed by atoms with Crippen molar-refractivity contribution < 1.29 is 9.84 Å². The molecule has 2 rings (SSSR count). The van der Waals surface area contributed by atoms with Gasteiger partial charge in [0.05, 0.1) is 0 Å². The number of aliphatic hydroxyl groups is 1. The van der Waals surface area contributed by atoms with Crippen molar-refractivity contribution in [1.29, 1.82) is 0 Å². The fourth-order valence-corrected chi connectivity index (χ4v) is 21.9. The van der Waals surface area contributed by atoms with Crippen LogP contribution in [0.3, 0.4) is 0 Å². The van der Waals surface area contributed by atoms with Gasteiger partial charge in [-0.15, -0.1) is 0 Å². The minimum atomic E-state index is -2.37. The van der Waals surface area contributed by atoms with Crippen LogP contribution in [0.5, 0.6) is 0 Å². The normalized spacial score (nSPS) is 31.3. The van der Waals surface area contributed by atoms with Crippen LogP contribution in [0.1, 0.15) is 92.9 Å². The van der Waals surface area contributed by atoms with Gasteiger partial charge in [-0.1, -0.05) is 0 Å². The summed E-state index contributed by atoms with van der Waals surface area (Å²) in [5.74, 6) is 0.319.